The summed E-state index contributed by atoms with van der Waals surface area (Å²) in [4.78, 5) is 51.1. The molecule has 0 bridgehead atoms. The topological polar surface area (TPSA) is 114 Å². The number of carbonyl (C=O) groups is 4. The summed E-state index contributed by atoms with van der Waals surface area (Å²) in [6.45, 7) is 10.5. The molecule has 1 aromatic carbocycles. The molecule has 0 aromatic heterocycles. The summed E-state index contributed by atoms with van der Waals surface area (Å²) in [5, 5.41) is 5.16. The first-order valence-electron chi connectivity index (χ1n) is 10.7. The van der Waals surface area contributed by atoms with Gasteiger partial charge in [0.15, 0.2) is 0 Å². The number of ether oxygens (including phenoxy) is 2. The third kappa shape index (κ3) is 9.36. The minimum atomic E-state index is -0.939. The summed E-state index contributed by atoms with van der Waals surface area (Å²) < 4.78 is 10.0. The standard InChI is InChI=1S/C23H35N3O6/c1-7-31-19(28)13-14-24-21(29)20(17-11-9-8-10-12-17)26(16(2)3)18(27)15-25-22(30)32-23(4,5)6/h8-12,16,20H,7,13-15H2,1-6H3,(H,24,29)(H,25,30). The molecule has 1 atom stereocenters. The highest BCUT2D eigenvalue weighted by Crippen LogP contribution is 2.24. The van der Waals surface area contributed by atoms with Crippen LogP contribution in [0, 0.1) is 0 Å². The van der Waals surface area contributed by atoms with Gasteiger partial charge in [0.1, 0.15) is 18.2 Å². The Labute approximate surface area is 189 Å². The predicted molar refractivity (Wildman–Crippen MR) is 120 cm³/mol. The summed E-state index contributed by atoms with van der Waals surface area (Å²) in [5.41, 5.74) is -0.0866. The van der Waals surface area contributed by atoms with Gasteiger partial charge in [0, 0.05) is 12.6 Å². The van der Waals surface area contributed by atoms with E-state index in [2.05, 4.69) is 10.6 Å². The van der Waals surface area contributed by atoms with Gasteiger partial charge in [0.05, 0.1) is 13.0 Å². The van der Waals surface area contributed by atoms with Crippen molar-refractivity contribution in [1.82, 2.24) is 15.5 Å². The monoisotopic (exact) mass is 449 g/mol. The van der Waals surface area contributed by atoms with E-state index >= 15 is 0 Å². The van der Waals surface area contributed by atoms with E-state index in [1.165, 1.54) is 4.90 Å². The zero-order valence-electron chi connectivity index (χ0n) is 19.8. The van der Waals surface area contributed by atoms with E-state index < -0.39 is 35.5 Å². The summed E-state index contributed by atoms with van der Waals surface area (Å²) in [6, 6.07) is 7.58. The summed E-state index contributed by atoms with van der Waals surface area (Å²) >= 11 is 0. The van der Waals surface area contributed by atoms with Gasteiger partial charge in [0.25, 0.3) is 0 Å². The molecule has 1 rings (SSSR count). The molecule has 0 heterocycles. The molecule has 0 fully saturated rings. The van der Waals surface area contributed by atoms with Crippen LogP contribution in [-0.2, 0) is 23.9 Å². The van der Waals surface area contributed by atoms with Crippen molar-refractivity contribution >= 4 is 23.9 Å². The van der Waals surface area contributed by atoms with Gasteiger partial charge in [-0.2, -0.15) is 0 Å². The Bertz CT molecular complexity index is 774. The molecule has 9 nitrogen and oxygen atoms in total. The number of amides is 3. The minimum Gasteiger partial charge on any atom is -0.466 e. The molecule has 0 aliphatic rings. The third-order valence-electron chi connectivity index (χ3n) is 4.20. The van der Waals surface area contributed by atoms with Gasteiger partial charge in [-0.05, 0) is 47.1 Å². The third-order valence-corrected chi connectivity index (χ3v) is 4.20. The van der Waals surface area contributed by atoms with Crippen molar-refractivity contribution < 1.29 is 28.7 Å². The number of esters is 1. The van der Waals surface area contributed by atoms with Crippen LogP contribution < -0.4 is 10.6 Å². The van der Waals surface area contributed by atoms with E-state index in [1.807, 2.05) is 6.07 Å². The highest BCUT2D eigenvalue weighted by molar-refractivity contribution is 5.90. The number of rotatable bonds is 10. The second-order valence-electron chi connectivity index (χ2n) is 8.41. The lowest BCUT2D eigenvalue weighted by molar-refractivity contribution is -0.144. The first-order chi connectivity index (χ1) is 15.0. The average Bonchev–Trinajstić information content (AvgIpc) is 2.69. The molecule has 2 N–H and O–H groups in total. The van der Waals surface area contributed by atoms with Crippen LogP contribution in [0.15, 0.2) is 30.3 Å². The molecule has 1 unspecified atom stereocenters. The Hall–Kier alpha value is -3.10. The smallest absolute Gasteiger partial charge is 0.408 e. The van der Waals surface area contributed by atoms with Crippen molar-refractivity contribution in [2.24, 2.45) is 0 Å². The van der Waals surface area contributed by atoms with E-state index in [9.17, 15) is 19.2 Å². The van der Waals surface area contributed by atoms with Crippen LogP contribution in [0.3, 0.4) is 0 Å². The lowest BCUT2D eigenvalue weighted by Crippen LogP contribution is -2.50. The molecule has 0 saturated heterocycles. The van der Waals surface area contributed by atoms with Crippen molar-refractivity contribution in [2.75, 3.05) is 19.7 Å². The van der Waals surface area contributed by atoms with Crippen LogP contribution in [0.1, 0.15) is 59.6 Å². The van der Waals surface area contributed by atoms with Crippen LogP contribution in [0.25, 0.3) is 0 Å². The van der Waals surface area contributed by atoms with Gasteiger partial charge in [-0.3, -0.25) is 14.4 Å². The first kappa shape index (κ1) is 26.9. The molecule has 0 spiro atoms. The van der Waals surface area contributed by atoms with Crippen LogP contribution in [0.4, 0.5) is 4.79 Å². The molecule has 0 saturated carbocycles. The molecule has 1 aromatic rings. The van der Waals surface area contributed by atoms with Gasteiger partial charge in [-0.1, -0.05) is 30.3 Å². The quantitative estimate of drug-likeness (QED) is 0.531. The first-order valence-corrected chi connectivity index (χ1v) is 10.7. The van der Waals surface area contributed by atoms with Gasteiger partial charge in [0.2, 0.25) is 11.8 Å². The highest BCUT2D eigenvalue weighted by Gasteiger charge is 2.33. The van der Waals surface area contributed by atoms with Gasteiger partial charge < -0.3 is 25.0 Å². The Morgan fingerprint density at radius 2 is 1.66 bits per heavy atom. The minimum absolute atomic E-state index is 0.0247. The zero-order valence-corrected chi connectivity index (χ0v) is 19.8. The van der Waals surface area contributed by atoms with E-state index in [1.54, 1.807) is 65.8 Å². The Kier molecular flexibility index (Phi) is 10.7. The number of benzene rings is 1. The summed E-state index contributed by atoms with van der Waals surface area (Å²) in [5.74, 6) is -1.29. The zero-order chi connectivity index (χ0) is 24.3. The number of carbonyl (C=O) groups excluding carboxylic acids is 4. The molecule has 0 aliphatic carbocycles. The molecule has 9 heteroatoms. The van der Waals surface area contributed by atoms with Crippen molar-refractivity contribution in [3.8, 4) is 0 Å². The molecule has 178 valence electrons. The number of hydrogen-bond acceptors (Lipinski definition) is 6. The lowest BCUT2D eigenvalue weighted by atomic mass is 10.0. The molecule has 3 amide bonds. The van der Waals surface area contributed by atoms with Crippen molar-refractivity contribution in [2.45, 2.75) is 65.6 Å². The number of alkyl carbamates (subject to hydrolysis) is 1. The fourth-order valence-electron chi connectivity index (χ4n) is 2.97. The number of nitrogens with one attached hydrogen (secondary N) is 2. The Morgan fingerprint density at radius 1 is 1.03 bits per heavy atom. The SMILES string of the molecule is CCOC(=O)CCNC(=O)C(c1ccccc1)N(C(=O)CNC(=O)OC(C)(C)C)C(C)C. The molecular formula is C23H35N3O6. The molecular weight excluding hydrogens is 414 g/mol. The lowest BCUT2D eigenvalue weighted by Gasteiger charge is -2.34. The normalized spacial score (nSPS) is 12.0. The predicted octanol–water partition coefficient (Wildman–Crippen LogP) is 2.56. The summed E-state index contributed by atoms with van der Waals surface area (Å²) in [6.07, 6.45) is -0.693. The second-order valence-corrected chi connectivity index (χ2v) is 8.41. The average molecular weight is 450 g/mol. The number of hydrogen-bond donors (Lipinski definition) is 2. The molecule has 0 radical (unpaired) electrons. The summed E-state index contributed by atoms with van der Waals surface area (Å²) in [7, 11) is 0. The fraction of sp³-hybridized carbons (Fsp3) is 0.565. The van der Waals surface area contributed by atoms with Crippen LogP contribution in [0.5, 0.6) is 0 Å². The van der Waals surface area contributed by atoms with Crippen LogP contribution >= 0.6 is 0 Å². The van der Waals surface area contributed by atoms with Crippen LogP contribution in [-0.4, -0.2) is 60.1 Å². The van der Waals surface area contributed by atoms with Gasteiger partial charge in [-0.25, -0.2) is 4.79 Å². The fourth-order valence-corrected chi connectivity index (χ4v) is 2.97. The van der Waals surface area contributed by atoms with E-state index in [0.717, 1.165) is 0 Å². The van der Waals surface area contributed by atoms with E-state index in [-0.39, 0.29) is 32.2 Å². The van der Waals surface area contributed by atoms with E-state index in [0.29, 0.717) is 5.56 Å². The highest BCUT2D eigenvalue weighted by atomic mass is 16.6. The maximum atomic E-state index is 13.1. The second kappa shape index (κ2) is 12.7. The largest absolute Gasteiger partial charge is 0.466 e. The van der Waals surface area contributed by atoms with E-state index in [4.69, 9.17) is 9.47 Å². The molecule has 32 heavy (non-hydrogen) atoms. The van der Waals surface area contributed by atoms with Gasteiger partial charge >= 0.3 is 12.1 Å². The maximum absolute atomic E-state index is 13.1. The Morgan fingerprint density at radius 3 is 2.19 bits per heavy atom. The van der Waals surface area contributed by atoms with Crippen molar-refractivity contribution in [1.29, 1.82) is 0 Å². The van der Waals surface area contributed by atoms with Crippen molar-refractivity contribution in [3.63, 3.8) is 0 Å². The van der Waals surface area contributed by atoms with Crippen molar-refractivity contribution in [3.05, 3.63) is 35.9 Å². The van der Waals surface area contributed by atoms with Gasteiger partial charge in [-0.15, -0.1) is 0 Å². The Balaban J connectivity index is 3.00. The number of nitrogens with zero attached hydrogens (tertiary/aromatic N) is 1. The molecule has 0 aliphatic heterocycles. The maximum Gasteiger partial charge on any atom is 0.408 e. The van der Waals surface area contributed by atoms with Crippen LogP contribution in [0.2, 0.25) is 0 Å².